The molecule has 0 spiro atoms. The lowest BCUT2D eigenvalue weighted by atomic mass is 9.90. The number of halogens is 2. The lowest BCUT2D eigenvalue weighted by Gasteiger charge is -2.31. The fourth-order valence-corrected chi connectivity index (χ4v) is 2.12. The molecule has 0 aliphatic carbocycles. The van der Waals surface area contributed by atoms with Crippen LogP contribution >= 0.6 is 23.2 Å². The maximum Gasteiger partial charge on any atom is 0.348 e. The van der Waals surface area contributed by atoms with E-state index in [4.69, 9.17) is 33.0 Å². The van der Waals surface area contributed by atoms with Crippen molar-refractivity contribution in [1.82, 2.24) is 0 Å². The summed E-state index contributed by atoms with van der Waals surface area (Å²) >= 11 is 11.8. The number of carbonyl (C=O) groups is 2. The third-order valence-corrected chi connectivity index (χ3v) is 3.54. The molecule has 4 nitrogen and oxygen atoms in total. The first-order chi connectivity index (χ1) is 7.85. The number of fused-ring (bicyclic) bond motifs is 1. The van der Waals surface area contributed by atoms with Gasteiger partial charge in [0.1, 0.15) is 0 Å². The van der Waals surface area contributed by atoms with E-state index in [9.17, 15) is 9.59 Å². The van der Waals surface area contributed by atoms with Crippen LogP contribution in [0.4, 0.5) is 0 Å². The summed E-state index contributed by atoms with van der Waals surface area (Å²) in [5.74, 6) is -1.91. The van der Waals surface area contributed by atoms with Crippen molar-refractivity contribution in [2.75, 3.05) is 0 Å². The van der Waals surface area contributed by atoms with Crippen LogP contribution < -0.4 is 0 Å². The molecule has 1 N–H and O–H groups in total. The highest BCUT2D eigenvalue weighted by molar-refractivity contribution is 6.42. The Bertz CT molecular complexity index is 526. The van der Waals surface area contributed by atoms with E-state index in [-0.39, 0.29) is 22.0 Å². The number of carboxylic acids is 1. The molecule has 0 amide bonds. The summed E-state index contributed by atoms with van der Waals surface area (Å²) in [6, 6.07) is 2.96. The van der Waals surface area contributed by atoms with E-state index in [1.54, 1.807) is 0 Å². The Morgan fingerprint density at radius 2 is 2.12 bits per heavy atom. The normalized spacial score (nSPS) is 22.9. The van der Waals surface area contributed by atoms with Crippen LogP contribution in [-0.2, 0) is 16.0 Å². The van der Waals surface area contributed by atoms with E-state index in [0.29, 0.717) is 5.56 Å². The van der Waals surface area contributed by atoms with Gasteiger partial charge in [-0.15, -0.1) is 0 Å². The number of cyclic esters (lactones) is 1. The van der Waals surface area contributed by atoms with Crippen LogP contribution in [0.2, 0.25) is 10.0 Å². The van der Waals surface area contributed by atoms with Gasteiger partial charge in [0.15, 0.2) is 0 Å². The Balaban J connectivity index is 2.59. The molecule has 17 heavy (non-hydrogen) atoms. The Hall–Kier alpha value is -1.26. The van der Waals surface area contributed by atoms with Gasteiger partial charge >= 0.3 is 11.9 Å². The molecule has 0 fully saturated rings. The first kappa shape index (κ1) is 12.2. The molecule has 0 radical (unpaired) electrons. The summed E-state index contributed by atoms with van der Waals surface area (Å²) in [6.45, 7) is 1.33. The number of carboxylic acid groups (broad SMARTS) is 1. The number of aliphatic carboxylic acids is 1. The van der Waals surface area contributed by atoms with Crippen molar-refractivity contribution < 1.29 is 19.4 Å². The van der Waals surface area contributed by atoms with Crippen molar-refractivity contribution in [2.24, 2.45) is 0 Å². The molecule has 0 saturated heterocycles. The SMILES string of the molecule is CC1(C(=O)O)Cc2c(ccc(Cl)c2Cl)C(=O)O1. The number of benzene rings is 1. The first-order valence-corrected chi connectivity index (χ1v) is 5.54. The molecule has 1 aliphatic rings. The van der Waals surface area contributed by atoms with Crippen LogP contribution in [0.25, 0.3) is 0 Å². The van der Waals surface area contributed by atoms with Gasteiger partial charge < -0.3 is 9.84 Å². The molecule has 1 aromatic rings. The maximum absolute atomic E-state index is 11.7. The summed E-state index contributed by atoms with van der Waals surface area (Å²) < 4.78 is 4.92. The van der Waals surface area contributed by atoms with Crippen LogP contribution in [0, 0.1) is 0 Å². The van der Waals surface area contributed by atoms with E-state index in [1.165, 1.54) is 19.1 Å². The van der Waals surface area contributed by atoms with Crippen molar-refractivity contribution >= 4 is 35.1 Å². The monoisotopic (exact) mass is 274 g/mol. The molecule has 1 aliphatic heterocycles. The molecule has 90 valence electrons. The quantitative estimate of drug-likeness (QED) is 0.800. The van der Waals surface area contributed by atoms with Crippen molar-refractivity contribution in [3.05, 3.63) is 33.3 Å². The maximum atomic E-state index is 11.7. The second-order valence-electron chi connectivity index (χ2n) is 3.99. The lowest BCUT2D eigenvalue weighted by Crippen LogP contribution is -2.45. The van der Waals surface area contributed by atoms with E-state index in [0.717, 1.165) is 0 Å². The molecular weight excluding hydrogens is 267 g/mol. The molecule has 0 aromatic heterocycles. The average molecular weight is 275 g/mol. The largest absolute Gasteiger partial charge is 0.478 e. The number of esters is 1. The zero-order valence-corrected chi connectivity index (χ0v) is 10.3. The van der Waals surface area contributed by atoms with Crippen molar-refractivity contribution in [3.63, 3.8) is 0 Å². The summed E-state index contributed by atoms with van der Waals surface area (Å²) in [4.78, 5) is 22.8. The van der Waals surface area contributed by atoms with E-state index in [1.807, 2.05) is 0 Å². The summed E-state index contributed by atoms with van der Waals surface area (Å²) in [7, 11) is 0. The predicted octanol–water partition coefficient (Wildman–Crippen LogP) is 2.55. The third-order valence-electron chi connectivity index (χ3n) is 2.70. The minimum atomic E-state index is -1.60. The van der Waals surface area contributed by atoms with E-state index < -0.39 is 17.5 Å². The Kier molecular flexibility index (Phi) is 2.79. The van der Waals surface area contributed by atoms with Crippen LogP contribution in [0.3, 0.4) is 0 Å². The second kappa shape index (κ2) is 3.89. The van der Waals surface area contributed by atoms with Gasteiger partial charge in [0.2, 0.25) is 5.60 Å². The molecule has 0 bridgehead atoms. The van der Waals surface area contributed by atoms with Crippen molar-refractivity contribution in [1.29, 1.82) is 0 Å². The topological polar surface area (TPSA) is 63.6 Å². The Morgan fingerprint density at radius 3 is 2.71 bits per heavy atom. The number of hydrogen-bond acceptors (Lipinski definition) is 3. The predicted molar refractivity (Wildman–Crippen MR) is 61.6 cm³/mol. The van der Waals surface area contributed by atoms with Gasteiger partial charge in [-0.2, -0.15) is 0 Å². The zero-order chi connectivity index (χ0) is 12.8. The molecule has 1 unspecified atom stereocenters. The summed E-state index contributed by atoms with van der Waals surface area (Å²) in [5.41, 5.74) is -0.920. The fraction of sp³-hybridized carbons (Fsp3) is 0.273. The van der Waals surface area contributed by atoms with Gasteiger partial charge in [-0.1, -0.05) is 23.2 Å². The average Bonchev–Trinajstić information content (AvgIpc) is 2.24. The molecule has 0 saturated carbocycles. The van der Waals surface area contributed by atoms with Gasteiger partial charge in [-0.05, 0) is 24.6 Å². The smallest absolute Gasteiger partial charge is 0.348 e. The molecular formula is C11H8Cl2O4. The number of rotatable bonds is 1. The Morgan fingerprint density at radius 1 is 1.47 bits per heavy atom. The zero-order valence-electron chi connectivity index (χ0n) is 8.79. The van der Waals surface area contributed by atoms with Crippen LogP contribution in [0.1, 0.15) is 22.8 Å². The van der Waals surface area contributed by atoms with E-state index >= 15 is 0 Å². The van der Waals surface area contributed by atoms with Gasteiger partial charge in [-0.25, -0.2) is 9.59 Å². The minimum absolute atomic E-state index is 0.00278. The van der Waals surface area contributed by atoms with Crippen LogP contribution in [0.5, 0.6) is 0 Å². The van der Waals surface area contributed by atoms with Gasteiger partial charge in [0.25, 0.3) is 0 Å². The molecule has 1 aromatic carbocycles. The van der Waals surface area contributed by atoms with E-state index in [2.05, 4.69) is 0 Å². The number of hydrogen-bond donors (Lipinski definition) is 1. The molecule has 6 heteroatoms. The molecule has 2 rings (SSSR count). The summed E-state index contributed by atoms with van der Waals surface area (Å²) in [5, 5.41) is 9.53. The first-order valence-electron chi connectivity index (χ1n) is 4.79. The minimum Gasteiger partial charge on any atom is -0.478 e. The lowest BCUT2D eigenvalue weighted by molar-refractivity contribution is -0.158. The van der Waals surface area contributed by atoms with Gasteiger partial charge in [0.05, 0.1) is 15.6 Å². The molecule has 1 atom stereocenters. The second-order valence-corrected chi connectivity index (χ2v) is 4.77. The molecule has 1 heterocycles. The van der Waals surface area contributed by atoms with Crippen LogP contribution in [-0.4, -0.2) is 22.6 Å². The highest BCUT2D eigenvalue weighted by Crippen LogP contribution is 2.36. The van der Waals surface area contributed by atoms with Crippen molar-refractivity contribution in [2.45, 2.75) is 18.9 Å². The van der Waals surface area contributed by atoms with Gasteiger partial charge in [0, 0.05) is 6.42 Å². The number of carbonyl (C=O) groups excluding carboxylic acids is 1. The standard InChI is InChI=1S/C11H8Cl2O4/c1-11(10(15)16)4-6-5(9(14)17-11)2-3-7(12)8(6)13/h2-3H,4H2,1H3,(H,15,16). The summed E-state index contributed by atoms with van der Waals surface area (Å²) in [6.07, 6.45) is 0.00278. The highest BCUT2D eigenvalue weighted by atomic mass is 35.5. The highest BCUT2D eigenvalue weighted by Gasteiger charge is 2.43. The number of ether oxygens (including phenoxy) is 1. The Labute approximate surface area is 107 Å². The van der Waals surface area contributed by atoms with Crippen LogP contribution in [0.15, 0.2) is 12.1 Å². The fourth-order valence-electron chi connectivity index (χ4n) is 1.71. The third kappa shape index (κ3) is 1.87. The van der Waals surface area contributed by atoms with Crippen molar-refractivity contribution in [3.8, 4) is 0 Å². The van der Waals surface area contributed by atoms with Gasteiger partial charge in [-0.3, -0.25) is 0 Å².